The van der Waals surface area contributed by atoms with E-state index in [2.05, 4.69) is 10.4 Å². The molecule has 8 heteroatoms. The molecule has 1 aliphatic heterocycles. The van der Waals surface area contributed by atoms with Gasteiger partial charge in [0.05, 0.1) is 23.2 Å². The van der Waals surface area contributed by atoms with E-state index in [0.717, 1.165) is 30.5 Å². The monoisotopic (exact) mass is 340 g/mol. The number of hydrogen-bond donors (Lipinski definition) is 1. The van der Waals surface area contributed by atoms with E-state index in [-0.39, 0.29) is 36.2 Å². The number of carbonyl (C=O) groups is 1. The van der Waals surface area contributed by atoms with E-state index in [1.54, 1.807) is 9.58 Å². The van der Waals surface area contributed by atoms with E-state index >= 15 is 0 Å². The molecule has 3 rings (SSSR count). The van der Waals surface area contributed by atoms with Gasteiger partial charge in [0, 0.05) is 31.4 Å². The number of nitrogens with one attached hydrogen (secondary N) is 1. The maximum Gasteiger partial charge on any atom is 0.318 e. The maximum atomic E-state index is 12.6. The van der Waals surface area contributed by atoms with Crippen molar-refractivity contribution >= 4 is 15.9 Å². The van der Waals surface area contributed by atoms with Crippen LogP contribution in [0.5, 0.6) is 0 Å². The van der Waals surface area contributed by atoms with Crippen LogP contribution in [0, 0.1) is 0 Å². The lowest BCUT2D eigenvalue weighted by molar-refractivity contribution is 0.178. The van der Waals surface area contributed by atoms with Crippen LogP contribution in [0.1, 0.15) is 43.5 Å². The van der Waals surface area contributed by atoms with Crippen molar-refractivity contribution in [2.75, 3.05) is 18.1 Å². The largest absolute Gasteiger partial charge is 0.331 e. The first kappa shape index (κ1) is 16.3. The van der Waals surface area contributed by atoms with Gasteiger partial charge in [0.2, 0.25) is 0 Å². The lowest BCUT2D eigenvalue weighted by atomic mass is 9.93. The smallest absolute Gasteiger partial charge is 0.318 e. The SMILES string of the molecule is C[C@@H]1CCS(=O)(=O)CCN1C(=O)N[C@H]1CCCc2nn(C)cc21. The van der Waals surface area contributed by atoms with Gasteiger partial charge in [0.15, 0.2) is 9.84 Å². The molecule has 0 bridgehead atoms. The van der Waals surface area contributed by atoms with E-state index in [4.69, 9.17) is 0 Å². The number of aryl methyl sites for hydroxylation is 2. The number of carbonyl (C=O) groups excluding carboxylic acids is 1. The molecule has 0 aromatic carbocycles. The normalized spacial score (nSPS) is 27.1. The molecule has 2 amide bonds. The predicted octanol–water partition coefficient (Wildman–Crippen LogP) is 1.02. The summed E-state index contributed by atoms with van der Waals surface area (Å²) in [6, 6.07) is -0.271. The first-order valence-corrected chi connectivity index (χ1v) is 9.98. The number of hydrogen-bond acceptors (Lipinski definition) is 4. The number of urea groups is 1. The average molecular weight is 340 g/mol. The van der Waals surface area contributed by atoms with Gasteiger partial charge in [-0.3, -0.25) is 4.68 Å². The second-order valence-corrected chi connectivity index (χ2v) is 8.89. The molecule has 1 aromatic heterocycles. The zero-order valence-corrected chi connectivity index (χ0v) is 14.5. The van der Waals surface area contributed by atoms with Crippen LogP contribution in [0.4, 0.5) is 4.79 Å². The zero-order chi connectivity index (χ0) is 16.6. The summed E-state index contributed by atoms with van der Waals surface area (Å²) in [5.74, 6) is 0.210. The Kier molecular flexibility index (Phi) is 4.35. The average Bonchev–Trinajstić information content (AvgIpc) is 2.80. The van der Waals surface area contributed by atoms with Gasteiger partial charge in [-0.25, -0.2) is 13.2 Å². The highest BCUT2D eigenvalue weighted by molar-refractivity contribution is 7.91. The number of aromatic nitrogens is 2. The summed E-state index contributed by atoms with van der Waals surface area (Å²) in [6.07, 6.45) is 5.30. The lowest BCUT2D eigenvalue weighted by Crippen LogP contribution is -2.47. The van der Waals surface area contributed by atoms with Crippen LogP contribution < -0.4 is 5.32 Å². The molecule has 0 unspecified atom stereocenters. The highest BCUT2D eigenvalue weighted by Gasteiger charge is 2.31. The van der Waals surface area contributed by atoms with E-state index in [1.807, 2.05) is 20.2 Å². The quantitative estimate of drug-likeness (QED) is 0.827. The molecule has 1 aromatic rings. The molecule has 2 heterocycles. The van der Waals surface area contributed by atoms with Gasteiger partial charge >= 0.3 is 6.03 Å². The van der Waals surface area contributed by atoms with Crippen molar-refractivity contribution in [1.82, 2.24) is 20.0 Å². The summed E-state index contributed by atoms with van der Waals surface area (Å²) >= 11 is 0. The molecule has 128 valence electrons. The minimum absolute atomic E-state index is 0.0352. The third-order valence-electron chi connectivity index (χ3n) is 4.80. The Morgan fingerprint density at radius 1 is 1.35 bits per heavy atom. The highest BCUT2D eigenvalue weighted by Crippen LogP contribution is 2.29. The van der Waals surface area contributed by atoms with Crippen LogP contribution in [-0.4, -0.2) is 53.2 Å². The van der Waals surface area contributed by atoms with Crippen LogP contribution >= 0.6 is 0 Å². The highest BCUT2D eigenvalue weighted by atomic mass is 32.2. The van der Waals surface area contributed by atoms with Crippen molar-refractivity contribution in [2.24, 2.45) is 7.05 Å². The Hall–Kier alpha value is -1.57. The first-order valence-electron chi connectivity index (χ1n) is 8.16. The fourth-order valence-electron chi connectivity index (χ4n) is 3.42. The summed E-state index contributed by atoms with van der Waals surface area (Å²) in [4.78, 5) is 14.3. The summed E-state index contributed by atoms with van der Waals surface area (Å²) in [7, 11) is -1.14. The van der Waals surface area contributed by atoms with Crippen molar-refractivity contribution in [1.29, 1.82) is 0 Å². The third kappa shape index (κ3) is 3.52. The molecule has 0 spiro atoms. The van der Waals surface area contributed by atoms with E-state index in [1.165, 1.54) is 0 Å². The Bertz CT molecular complexity index is 698. The fourth-order valence-corrected chi connectivity index (χ4v) is 4.80. The Labute approximate surface area is 137 Å². The number of rotatable bonds is 1. The van der Waals surface area contributed by atoms with Gasteiger partial charge in [0.25, 0.3) is 0 Å². The molecule has 0 saturated carbocycles. The first-order chi connectivity index (χ1) is 10.9. The minimum atomic E-state index is -3.03. The Morgan fingerprint density at radius 3 is 2.91 bits per heavy atom. The molecule has 23 heavy (non-hydrogen) atoms. The van der Waals surface area contributed by atoms with Gasteiger partial charge in [0.1, 0.15) is 0 Å². The van der Waals surface area contributed by atoms with Crippen LogP contribution in [0.2, 0.25) is 0 Å². The molecule has 0 radical (unpaired) electrons. The van der Waals surface area contributed by atoms with E-state index in [9.17, 15) is 13.2 Å². The summed E-state index contributed by atoms with van der Waals surface area (Å²) < 4.78 is 25.3. The predicted molar refractivity (Wildman–Crippen MR) is 86.9 cm³/mol. The summed E-state index contributed by atoms with van der Waals surface area (Å²) in [5, 5.41) is 7.53. The van der Waals surface area contributed by atoms with Crippen LogP contribution in [0.15, 0.2) is 6.20 Å². The molecule has 2 atom stereocenters. The van der Waals surface area contributed by atoms with Gasteiger partial charge in [-0.1, -0.05) is 0 Å². The second kappa shape index (κ2) is 6.14. The van der Waals surface area contributed by atoms with Crippen molar-refractivity contribution in [3.63, 3.8) is 0 Å². The molecule has 7 nitrogen and oxygen atoms in total. The molecular formula is C15H24N4O3S. The Morgan fingerprint density at radius 2 is 2.13 bits per heavy atom. The van der Waals surface area contributed by atoms with Gasteiger partial charge in [-0.15, -0.1) is 0 Å². The second-order valence-electron chi connectivity index (χ2n) is 6.58. The fraction of sp³-hybridized carbons (Fsp3) is 0.733. The van der Waals surface area contributed by atoms with Crippen molar-refractivity contribution in [3.05, 3.63) is 17.5 Å². The molecule has 1 saturated heterocycles. The van der Waals surface area contributed by atoms with Crippen molar-refractivity contribution in [2.45, 2.75) is 44.7 Å². The van der Waals surface area contributed by atoms with Crippen LogP contribution in [0.25, 0.3) is 0 Å². The van der Waals surface area contributed by atoms with Crippen LogP contribution in [-0.2, 0) is 23.3 Å². The number of amides is 2. The Balaban J connectivity index is 1.72. The van der Waals surface area contributed by atoms with Crippen molar-refractivity contribution in [3.8, 4) is 0 Å². The van der Waals surface area contributed by atoms with Gasteiger partial charge in [-0.05, 0) is 32.6 Å². The topological polar surface area (TPSA) is 84.3 Å². The molecule has 1 N–H and O–H groups in total. The summed E-state index contributed by atoms with van der Waals surface area (Å²) in [6.45, 7) is 2.18. The molecular weight excluding hydrogens is 316 g/mol. The number of sulfone groups is 1. The molecule has 1 aliphatic carbocycles. The zero-order valence-electron chi connectivity index (χ0n) is 13.7. The van der Waals surface area contributed by atoms with Crippen molar-refractivity contribution < 1.29 is 13.2 Å². The summed E-state index contributed by atoms with van der Waals surface area (Å²) in [5.41, 5.74) is 2.14. The van der Waals surface area contributed by atoms with Gasteiger partial charge in [-0.2, -0.15) is 5.10 Å². The van der Waals surface area contributed by atoms with Gasteiger partial charge < -0.3 is 10.2 Å². The maximum absolute atomic E-state index is 12.6. The van der Waals surface area contributed by atoms with Crippen LogP contribution in [0.3, 0.4) is 0 Å². The number of nitrogens with zero attached hydrogens (tertiary/aromatic N) is 3. The standard InChI is InChI=1S/C15H24N4O3S/c1-11-6-8-23(21,22)9-7-19(11)15(20)16-13-4-3-5-14-12(13)10-18(2)17-14/h10-11,13H,3-9H2,1-2H3,(H,16,20)/t11-,13+/m1/s1. The van der Waals surface area contributed by atoms with E-state index in [0.29, 0.717) is 6.42 Å². The molecule has 1 fully saturated rings. The minimum Gasteiger partial charge on any atom is -0.331 e. The number of fused-ring (bicyclic) bond motifs is 1. The molecule has 2 aliphatic rings. The lowest BCUT2D eigenvalue weighted by Gasteiger charge is -2.30. The third-order valence-corrected chi connectivity index (χ3v) is 6.46. The van der Waals surface area contributed by atoms with E-state index < -0.39 is 9.84 Å².